The Balaban J connectivity index is 2.89. The highest BCUT2D eigenvalue weighted by Crippen LogP contribution is 2.12. The third kappa shape index (κ3) is 8.55. The van der Waals surface area contributed by atoms with Gasteiger partial charge in [-0.15, -0.1) is 23.2 Å². The van der Waals surface area contributed by atoms with E-state index in [0.29, 0.717) is 6.32 Å². The van der Waals surface area contributed by atoms with Crippen LogP contribution in [0, 0.1) is 0 Å². The summed E-state index contributed by atoms with van der Waals surface area (Å²) in [6.45, 7) is 0. The SMILES string of the molecule is [B]CC(Cl)CCCCCCCl. The highest BCUT2D eigenvalue weighted by Gasteiger charge is 1.99. The van der Waals surface area contributed by atoms with E-state index in [2.05, 4.69) is 0 Å². The number of hydrogen-bond acceptors (Lipinski definition) is 0. The van der Waals surface area contributed by atoms with E-state index < -0.39 is 0 Å². The smallest absolute Gasteiger partial charge is 0.0672 e. The fourth-order valence-electron chi connectivity index (χ4n) is 0.932. The Morgan fingerprint density at radius 2 is 1.73 bits per heavy atom. The second-order valence-electron chi connectivity index (χ2n) is 2.72. The van der Waals surface area contributed by atoms with E-state index in [9.17, 15) is 0 Å². The van der Waals surface area contributed by atoms with Crippen LogP contribution in [0.1, 0.15) is 32.1 Å². The molecule has 64 valence electrons. The lowest BCUT2D eigenvalue weighted by atomic mass is 9.98. The van der Waals surface area contributed by atoms with Crippen molar-refractivity contribution in [1.29, 1.82) is 0 Å². The van der Waals surface area contributed by atoms with Gasteiger partial charge >= 0.3 is 0 Å². The van der Waals surface area contributed by atoms with Crippen LogP contribution in [-0.2, 0) is 0 Å². The van der Waals surface area contributed by atoms with Gasteiger partial charge in [-0.1, -0.05) is 25.6 Å². The molecule has 0 amide bonds. The van der Waals surface area contributed by atoms with Gasteiger partial charge < -0.3 is 0 Å². The molecule has 11 heavy (non-hydrogen) atoms. The number of rotatable bonds is 7. The molecule has 1 unspecified atom stereocenters. The summed E-state index contributed by atoms with van der Waals surface area (Å²) >= 11 is 11.4. The molecule has 0 heterocycles. The highest BCUT2D eigenvalue weighted by molar-refractivity contribution is 6.25. The van der Waals surface area contributed by atoms with E-state index in [0.717, 1.165) is 18.7 Å². The molecule has 0 N–H and O–H groups in total. The highest BCUT2D eigenvalue weighted by atomic mass is 35.5. The molecule has 0 aliphatic carbocycles. The van der Waals surface area contributed by atoms with E-state index in [1.807, 2.05) is 0 Å². The average molecular weight is 193 g/mol. The Hall–Kier alpha value is 0.645. The molecule has 0 aromatic carbocycles. The van der Waals surface area contributed by atoms with Crippen LogP contribution < -0.4 is 0 Å². The fourth-order valence-corrected chi connectivity index (χ4v) is 1.28. The predicted octanol–water partition coefficient (Wildman–Crippen LogP) is 3.37. The van der Waals surface area contributed by atoms with Gasteiger partial charge in [-0.2, -0.15) is 0 Å². The van der Waals surface area contributed by atoms with Crippen LogP contribution in [0.15, 0.2) is 0 Å². The zero-order valence-electron chi connectivity index (χ0n) is 6.86. The molecule has 0 aliphatic rings. The summed E-state index contributed by atoms with van der Waals surface area (Å²) in [6.07, 6.45) is 6.39. The zero-order chi connectivity index (χ0) is 8.53. The Kier molecular flexibility index (Phi) is 9.25. The molecular weight excluding hydrogens is 178 g/mol. The molecule has 0 spiro atoms. The van der Waals surface area contributed by atoms with Crippen LogP contribution in [0.4, 0.5) is 0 Å². The van der Waals surface area contributed by atoms with E-state index >= 15 is 0 Å². The van der Waals surface area contributed by atoms with Gasteiger partial charge in [-0.3, -0.25) is 0 Å². The third-order valence-electron chi connectivity index (χ3n) is 1.66. The molecule has 0 aromatic heterocycles. The molecule has 0 fully saturated rings. The topological polar surface area (TPSA) is 0 Å². The Bertz CT molecular complexity index is 78.5. The maximum atomic E-state index is 5.83. The van der Waals surface area contributed by atoms with Crippen LogP contribution in [0.3, 0.4) is 0 Å². The van der Waals surface area contributed by atoms with Gasteiger partial charge in [0.05, 0.1) is 7.85 Å². The third-order valence-corrected chi connectivity index (χ3v) is 2.32. The normalized spacial score (nSPS) is 13.3. The second kappa shape index (κ2) is 8.74. The fraction of sp³-hybridized carbons (Fsp3) is 1.00. The van der Waals surface area contributed by atoms with E-state index in [4.69, 9.17) is 31.0 Å². The van der Waals surface area contributed by atoms with Crippen molar-refractivity contribution in [2.45, 2.75) is 43.8 Å². The summed E-state index contributed by atoms with van der Waals surface area (Å²) in [5.74, 6) is 0.779. The standard InChI is InChI=1S/C8H15BCl2/c9-7-8(11)5-3-1-2-4-6-10/h8H,1-7H2. The Morgan fingerprint density at radius 3 is 2.27 bits per heavy atom. The van der Waals surface area contributed by atoms with Gasteiger partial charge in [-0.25, -0.2) is 0 Å². The lowest BCUT2D eigenvalue weighted by Crippen LogP contribution is -1.96. The first-order valence-corrected chi connectivity index (χ1v) is 5.18. The van der Waals surface area contributed by atoms with Crippen molar-refractivity contribution >= 4 is 31.0 Å². The molecule has 0 bridgehead atoms. The summed E-state index contributed by atoms with van der Waals surface area (Å²) in [7, 11) is 5.36. The van der Waals surface area contributed by atoms with Gasteiger partial charge in [0.25, 0.3) is 0 Å². The minimum absolute atomic E-state index is 0.172. The van der Waals surface area contributed by atoms with Crippen LogP contribution in [0.25, 0.3) is 0 Å². The second-order valence-corrected chi connectivity index (χ2v) is 3.72. The van der Waals surface area contributed by atoms with Crippen LogP contribution in [-0.4, -0.2) is 19.1 Å². The molecule has 0 nitrogen and oxygen atoms in total. The van der Waals surface area contributed by atoms with Crippen molar-refractivity contribution < 1.29 is 0 Å². The van der Waals surface area contributed by atoms with Gasteiger partial charge in [0.15, 0.2) is 0 Å². The van der Waals surface area contributed by atoms with E-state index in [1.165, 1.54) is 19.3 Å². The van der Waals surface area contributed by atoms with Crippen molar-refractivity contribution in [3.63, 3.8) is 0 Å². The van der Waals surface area contributed by atoms with Crippen molar-refractivity contribution in [2.75, 3.05) is 5.88 Å². The van der Waals surface area contributed by atoms with Crippen LogP contribution in [0.5, 0.6) is 0 Å². The molecular formula is C8H15BCl2. The average Bonchev–Trinajstić information content (AvgIpc) is 2.04. The first-order valence-electron chi connectivity index (χ1n) is 4.21. The maximum Gasteiger partial charge on any atom is 0.0672 e. The first-order chi connectivity index (χ1) is 5.31. The molecule has 3 heteroatoms. The largest absolute Gasteiger partial charge is 0.127 e. The van der Waals surface area contributed by atoms with Gasteiger partial charge in [-0.05, 0) is 12.8 Å². The molecule has 0 saturated carbocycles. The monoisotopic (exact) mass is 192 g/mol. The first kappa shape index (κ1) is 11.6. The molecule has 0 aliphatic heterocycles. The summed E-state index contributed by atoms with van der Waals surface area (Å²) in [5.41, 5.74) is 0. The Labute approximate surface area is 81.1 Å². The Morgan fingerprint density at radius 1 is 1.09 bits per heavy atom. The van der Waals surface area contributed by atoms with E-state index in [1.54, 1.807) is 0 Å². The lowest BCUT2D eigenvalue weighted by molar-refractivity contribution is 0.629. The summed E-state index contributed by atoms with van der Waals surface area (Å²) in [5, 5.41) is 0.172. The predicted molar refractivity (Wildman–Crippen MR) is 54.0 cm³/mol. The number of unbranched alkanes of at least 4 members (excludes halogenated alkanes) is 3. The zero-order valence-corrected chi connectivity index (χ0v) is 8.37. The van der Waals surface area contributed by atoms with Crippen LogP contribution >= 0.6 is 23.2 Å². The van der Waals surface area contributed by atoms with Crippen molar-refractivity contribution in [3.05, 3.63) is 0 Å². The molecule has 0 rings (SSSR count). The molecule has 2 radical (unpaired) electrons. The molecule has 0 saturated heterocycles. The van der Waals surface area contributed by atoms with Crippen LogP contribution in [0.2, 0.25) is 6.32 Å². The molecule has 0 aromatic rings. The molecule has 1 atom stereocenters. The van der Waals surface area contributed by atoms with Crippen molar-refractivity contribution in [3.8, 4) is 0 Å². The van der Waals surface area contributed by atoms with Crippen molar-refractivity contribution in [1.82, 2.24) is 0 Å². The number of alkyl halides is 2. The van der Waals surface area contributed by atoms with E-state index in [-0.39, 0.29) is 5.38 Å². The minimum Gasteiger partial charge on any atom is -0.127 e. The quantitative estimate of drug-likeness (QED) is 0.330. The lowest BCUT2D eigenvalue weighted by Gasteiger charge is -2.04. The summed E-state index contributed by atoms with van der Waals surface area (Å²) in [6, 6.07) is 0. The summed E-state index contributed by atoms with van der Waals surface area (Å²) in [4.78, 5) is 0. The van der Waals surface area contributed by atoms with Gasteiger partial charge in [0, 0.05) is 11.3 Å². The number of halogens is 2. The summed E-state index contributed by atoms with van der Waals surface area (Å²) < 4.78 is 0. The van der Waals surface area contributed by atoms with Gasteiger partial charge in [0.1, 0.15) is 0 Å². The van der Waals surface area contributed by atoms with Crippen molar-refractivity contribution in [2.24, 2.45) is 0 Å². The van der Waals surface area contributed by atoms with Gasteiger partial charge in [0.2, 0.25) is 0 Å². The minimum atomic E-state index is 0.172. The number of hydrogen-bond donors (Lipinski definition) is 0. The maximum absolute atomic E-state index is 5.83.